The van der Waals surface area contributed by atoms with Gasteiger partial charge in [0.25, 0.3) is 0 Å². The van der Waals surface area contributed by atoms with E-state index < -0.39 is 0 Å². The zero-order valence-corrected chi connectivity index (χ0v) is 12.3. The van der Waals surface area contributed by atoms with E-state index in [2.05, 4.69) is 39.5 Å². The maximum absolute atomic E-state index is 6.31. The van der Waals surface area contributed by atoms with Crippen LogP contribution in [0.15, 0.2) is 33.4 Å². The molecule has 3 rings (SSSR count). The molecule has 2 heterocycles. The number of thiophene rings is 1. The molecular weight excluding hydrogens is 310 g/mol. The van der Waals surface area contributed by atoms with Gasteiger partial charge in [-0.3, -0.25) is 0 Å². The SMILES string of the molecule is NC(c1csc(Br)c1)c1ccc2c(c1)CCCO2. The second-order valence-corrected chi connectivity index (χ2v) is 6.77. The van der Waals surface area contributed by atoms with E-state index in [1.54, 1.807) is 11.3 Å². The van der Waals surface area contributed by atoms with Crippen molar-refractivity contribution < 1.29 is 4.74 Å². The lowest BCUT2D eigenvalue weighted by molar-refractivity contribution is 0.288. The number of benzene rings is 1. The van der Waals surface area contributed by atoms with Crippen molar-refractivity contribution in [3.05, 3.63) is 50.1 Å². The fraction of sp³-hybridized carbons (Fsp3) is 0.286. The van der Waals surface area contributed by atoms with E-state index in [4.69, 9.17) is 10.5 Å². The molecule has 1 aromatic carbocycles. The molecule has 0 spiro atoms. The molecule has 1 unspecified atom stereocenters. The van der Waals surface area contributed by atoms with Gasteiger partial charge in [-0.05, 0) is 63.0 Å². The van der Waals surface area contributed by atoms with Gasteiger partial charge in [0, 0.05) is 0 Å². The number of hydrogen-bond donors (Lipinski definition) is 1. The Hall–Kier alpha value is -0.840. The van der Waals surface area contributed by atoms with Crippen LogP contribution in [0.2, 0.25) is 0 Å². The third kappa shape index (κ3) is 2.32. The van der Waals surface area contributed by atoms with Crippen molar-refractivity contribution in [3.8, 4) is 5.75 Å². The molecule has 0 fully saturated rings. The minimum absolute atomic E-state index is 0.0558. The maximum Gasteiger partial charge on any atom is 0.122 e. The van der Waals surface area contributed by atoms with E-state index in [1.165, 1.54) is 5.56 Å². The Labute approximate surface area is 119 Å². The summed E-state index contributed by atoms with van der Waals surface area (Å²) in [4.78, 5) is 0. The van der Waals surface area contributed by atoms with Crippen molar-refractivity contribution in [2.24, 2.45) is 5.73 Å². The number of fused-ring (bicyclic) bond motifs is 1. The molecule has 18 heavy (non-hydrogen) atoms. The third-order valence-corrected chi connectivity index (χ3v) is 4.76. The number of ether oxygens (including phenoxy) is 1. The van der Waals surface area contributed by atoms with E-state index in [0.29, 0.717) is 0 Å². The van der Waals surface area contributed by atoms with Gasteiger partial charge in [0.1, 0.15) is 5.75 Å². The van der Waals surface area contributed by atoms with Crippen LogP contribution < -0.4 is 10.5 Å². The predicted octanol–water partition coefficient (Wildman–Crippen LogP) is 3.88. The molecule has 0 saturated carbocycles. The fourth-order valence-electron chi connectivity index (χ4n) is 2.25. The first-order valence-corrected chi connectivity index (χ1v) is 7.66. The lowest BCUT2D eigenvalue weighted by Gasteiger charge is -2.19. The van der Waals surface area contributed by atoms with E-state index in [1.807, 2.05) is 6.07 Å². The van der Waals surface area contributed by atoms with Crippen LogP contribution in [0.3, 0.4) is 0 Å². The summed E-state index contributed by atoms with van der Waals surface area (Å²) in [7, 11) is 0. The van der Waals surface area contributed by atoms with Crippen LogP contribution in [-0.4, -0.2) is 6.61 Å². The van der Waals surface area contributed by atoms with Crippen molar-refractivity contribution in [2.45, 2.75) is 18.9 Å². The summed E-state index contributed by atoms with van der Waals surface area (Å²) in [5.41, 5.74) is 9.90. The minimum Gasteiger partial charge on any atom is -0.493 e. The normalized spacial score (nSPS) is 15.9. The number of rotatable bonds is 2. The lowest BCUT2D eigenvalue weighted by atomic mass is 9.97. The largest absolute Gasteiger partial charge is 0.493 e. The van der Waals surface area contributed by atoms with Crippen molar-refractivity contribution in [2.75, 3.05) is 6.61 Å². The Morgan fingerprint density at radius 2 is 2.17 bits per heavy atom. The van der Waals surface area contributed by atoms with E-state index in [-0.39, 0.29) is 6.04 Å². The van der Waals surface area contributed by atoms with Gasteiger partial charge >= 0.3 is 0 Å². The Balaban J connectivity index is 1.92. The van der Waals surface area contributed by atoms with Crippen LogP contribution in [0.5, 0.6) is 5.75 Å². The highest BCUT2D eigenvalue weighted by Gasteiger charge is 2.15. The van der Waals surface area contributed by atoms with Gasteiger partial charge in [0.2, 0.25) is 0 Å². The van der Waals surface area contributed by atoms with Crippen LogP contribution in [0.25, 0.3) is 0 Å². The molecule has 2 aromatic rings. The lowest BCUT2D eigenvalue weighted by Crippen LogP contribution is -2.13. The molecule has 0 aliphatic carbocycles. The molecule has 0 bridgehead atoms. The van der Waals surface area contributed by atoms with E-state index in [9.17, 15) is 0 Å². The molecule has 1 aliphatic rings. The number of hydrogen-bond acceptors (Lipinski definition) is 3. The van der Waals surface area contributed by atoms with Crippen LogP contribution in [0.1, 0.15) is 29.2 Å². The second kappa shape index (κ2) is 5.03. The van der Waals surface area contributed by atoms with Crippen LogP contribution >= 0.6 is 27.3 Å². The molecule has 0 radical (unpaired) electrons. The highest BCUT2D eigenvalue weighted by molar-refractivity contribution is 9.11. The average Bonchev–Trinajstić information content (AvgIpc) is 2.84. The first-order chi connectivity index (χ1) is 8.74. The van der Waals surface area contributed by atoms with E-state index >= 15 is 0 Å². The predicted molar refractivity (Wildman–Crippen MR) is 78.3 cm³/mol. The van der Waals surface area contributed by atoms with Crippen LogP contribution in [0.4, 0.5) is 0 Å². The topological polar surface area (TPSA) is 35.2 Å². The second-order valence-electron chi connectivity index (χ2n) is 4.48. The van der Waals surface area contributed by atoms with Gasteiger partial charge in [-0.2, -0.15) is 0 Å². The van der Waals surface area contributed by atoms with Gasteiger partial charge in [-0.15, -0.1) is 11.3 Å². The summed E-state index contributed by atoms with van der Waals surface area (Å²) in [6.07, 6.45) is 2.18. The first kappa shape index (κ1) is 12.2. The van der Waals surface area contributed by atoms with Gasteiger partial charge in [-0.1, -0.05) is 12.1 Å². The summed E-state index contributed by atoms with van der Waals surface area (Å²) >= 11 is 5.14. The fourth-order valence-corrected chi connectivity index (χ4v) is 3.46. The zero-order valence-electron chi connectivity index (χ0n) is 9.86. The van der Waals surface area contributed by atoms with E-state index in [0.717, 1.165) is 40.1 Å². The molecule has 2 N–H and O–H groups in total. The monoisotopic (exact) mass is 323 g/mol. The summed E-state index contributed by atoms with van der Waals surface area (Å²) in [6.45, 7) is 0.829. The summed E-state index contributed by atoms with van der Waals surface area (Å²) in [5.74, 6) is 1.02. The Morgan fingerprint density at radius 3 is 2.94 bits per heavy atom. The summed E-state index contributed by atoms with van der Waals surface area (Å²) < 4.78 is 6.74. The average molecular weight is 324 g/mol. The highest BCUT2D eigenvalue weighted by Crippen LogP contribution is 2.31. The maximum atomic E-state index is 6.31. The Morgan fingerprint density at radius 1 is 1.28 bits per heavy atom. The minimum atomic E-state index is -0.0558. The number of halogens is 1. The van der Waals surface area contributed by atoms with Crippen LogP contribution in [-0.2, 0) is 6.42 Å². The summed E-state index contributed by atoms with van der Waals surface area (Å²) in [5, 5.41) is 2.10. The number of aryl methyl sites for hydroxylation is 1. The molecule has 1 aliphatic heterocycles. The third-order valence-electron chi connectivity index (χ3n) is 3.24. The first-order valence-electron chi connectivity index (χ1n) is 5.99. The molecule has 94 valence electrons. The molecule has 0 amide bonds. The van der Waals surface area contributed by atoms with Crippen molar-refractivity contribution in [1.82, 2.24) is 0 Å². The molecule has 2 nitrogen and oxygen atoms in total. The van der Waals surface area contributed by atoms with Crippen LogP contribution in [0, 0.1) is 0 Å². The molecular formula is C14H14BrNOS. The summed E-state index contributed by atoms with van der Waals surface area (Å²) in [6, 6.07) is 8.33. The van der Waals surface area contributed by atoms with Gasteiger partial charge < -0.3 is 10.5 Å². The standard InChI is InChI=1S/C14H14BrNOS/c15-13-7-11(8-18-13)14(16)10-3-4-12-9(6-10)2-1-5-17-12/h3-4,6-8,14H,1-2,5,16H2. The zero-order chi connectivity index (χ0) is 12.5. The number of nitrogens with two attached hydrogens (primary N) is 1. The molecule has 1 atom stereocenters. The van der Waals surface area contributed by atoms with Crippen molar-refractivity contribution in [1.29, 1.82) is 0 Å². The Kier molecular flexibility index (Phi) is 3.41. The highest BCUT2D eigenvalue weighted by atomic mass is 79.9. The smallest absolute Gasteiger partial charge is 0.122 e. The molecule has 0 saturated heterocycles. The molecule has 1 aromatic heterocycles. The quantitative estimate of drug-likeness (QED) is 0.910. The van der Waals surface area contributed by atoms with Gasteiger partial charge in [-0.25, -0.2) is 0 Å². The Bertz CT molecular complexity index is 567. The van der Waals surface area contributed by atoms with Gasteiger partial charge in [0.05, 0.1) is 16.4 Å². The van der Waals surface area contributed by atoms with Crippen molar-refractivity contribution in [3.63, 3.8) is 0 Å². The molecule has 4 heteroatoms. The van der Waals surface area contributed by atoms with Crippen molar-refractivity contribution >= 4 is 27.3 Å². The van der Waals surface area contributed by atoms with Gasteiger partial charge in [0.15, 0.2) is 0 Å².